The number of halogens is 1. The zero-order valence-electron chi connectivity index (χ0n) is 16.1. The second-order valence-electron chi connectivity index (χ2n) is 6.40. The first-order valence-corrected chi connectivity index (χ1v) is 9.18. The van der Waals surface area contributed by atoms with Crippen LogP contribution in [-0.4, -0.2) is 17.0 Å². The molecular formula is C22H16ClN3O4. The molecule has 1 heterocycles. The van der Waals surface area contributed by atoms with E-state index in [1.165, 1.54) is 24.3 Å². The summed E-state index contributed by atoms with van der Waals surface area (Å²) in [6.07, 6.45) is 1.36. The molecule has 0 saturated heterocycles. The smallest absolute Gasteiger partial charge is 0.343 e. The van der Waals surface area contributed by atoms with Crippen LogP contribution in [0.1, 0.15) is 27.2 Å². The van der Waals surface area contributed by atoms with Gasteiger partial charge in [-0.05, 0) is 49.8 Å². The molecule has 30 heavy (non-hydrogen) atoms. The summed E-state index contributed by atoms with van der Waals surface area (Å²) >= 11 is 6.22. The van der Waals surface area contributed by atoms with E-state index in [0.29, 0.717) is 16.9 Å². The second kappa shape index (κ2) is 9.07. The highest BCUT2D eigenvalue weighted by atomic mass is 35.5. The van der Waals surface area contributed by atoms with Gasteiger partial charge in [0.05, 0.1) is 10.6 Å². The fourth-order valence-corrected chi connectivity index (χ4v) is 2.77. The Kier molecular flexibility index (Phi) is 6.30. The van der Waals surface area contributed by atoms with Crippen molar-refractivity contribution in [3.8, 4) is 11.8 Å². The van der Waals surface area contributed by atoms with Crippen molar-refractivity contribution in [3.63, 3.8) is 0 Å². The fourth-order valence-electron chi connectivity index (χ4n) is 2.54. The van der Waals surface area contributed by atoms with Gasteiger partial charge >= 0.3 is 5.97 Å². The lowest BCUT2D eigenvalue weighted by Gasteiger charge is -2.08. The summed E-state index contributed by atoms with van der Waals surface area (Å²) in [7, 11) is 0. The maximum atomic E-state index is 12.3. The Morgan fingerprint density at radius 2 is 2.00 bits per heavy atom. The van der Waals surface area contributed by atoms with Crippen molar-refractivity contribution in [1.29, 1.82) is 5.26 Å². The molecule has 1 aromatic heterocycles. The lowest BCUT2D eigenvalue weighted by atomic mass is 10.1. The number of esters is 1. The van der Waals surface area contributed by atoms with E-state index >= 15 is 0 Å². The minimum absolute atomic E-state index is 0.156. The van der Waals surface area contributed by atoms with Crippen LogP contribution in [0.5, 0.6) is 5.75 Å². The van der Waals surface area contributed by atoms with Crippen molar-refractivity contribution in [2.45, 2.75) is 13.8 Å². The monoisotopic (exact) mass is 421 g/mol. The van der Waals surface area contributed by atoms with Crippen molar-refractivity contribution in [2.24, 2.45) is 0 Å². The van der Waals surface area contributed by atoms with E-state index in [2.05, 4.69) is 10.5 Å². The summed E-state index contributed by atoms with van der Waals surface area (Å²) in [6.45, 7) is 3.55. The Labute approximate surface area is 177 Å². The molecule has 8 heteroatoms. The van der Waals surface area contributed by atoms with E-state index in [0.717, 1.165) is 5.56 Å². The third-order valence-corrected chi connectivity index (χ3v) is 4.25. The van der Waals surface area contributed by atoms with Gasteiger partial charge < -0.3 is 14.6 Å². The number of rotatable bonds is 5. The van der Waals surface area contributed by atoms with Crippen molar-refractivity contribution < 1.29 is 18.8 Å². The molecular weight excluding hydrogens is 406 g/mol. The van der Waals surface area contributed by atoms with Crippen LogP contribution in [0.25, 0.3) is 6.08 Å². The van der Waals surface area contributed by atoms with Gasteiger partial charge in [-0.3, -0.25) is 4.79 Å². The van der Waals surface area contributed by atoms with Gasteiger partial charge in [0, 0.05) is 6.07 Å². The second-order valence-corrected chi connectivity index (χ2v) is 6.80. The van der Waals surface area contributed by atoms with E-state index in [1.54, 1.807) is 31.2 Å². The molecule has 0 atom stereocenters. The van der Waals surface area contributed by atoms with Crippen LogP contribution in [0.15, 0.2) is 58.6 Å². The number of carbonyl (C=O) groups excluding carboxylic acids is 2. The number of nitriles is 1. The summed E-state index contributed by atoms with van der Waals surface area (Å²) in [5.74, 6) is -0.285. The van der Waals surface area contributed by atoms with Crippen molar-refractivity contribution in [1.82, 2.24) is 5.16 Å². The van der Waals surface area contributed by atoms with Gasteiger partial charge in [-0.2, -0.15) is 5.26 Å². The standard InChI is InChI=1S/C22H16ClN3O4/c1-13-4-3-5-16(8-13)22(28)29-19-7-6-15(11-18(19)23)10-17(12-24)21(27)25-20-9-14(2)30-26-20/h3-11H,1-2H3,(H,25,26,27). The highest BCUT2D eigenvalue weighted by Gasteiger charge is 2.14. The van der Waals surface area contributed by atoms with Gasteiger partial charge in [0.1, 0.15) is 23.2 Å². The quantitative estimate of drug-likeness (QED) is 0.277. The van der Waals surface area contributed by atoms with Crippen LogP contribution in [0.3, 0.4) is 0 Å². The van der Waals surface area contributed by atoms with Crippen LogP contribution in [0.2, 0.25) is 5.02 Å². The van der Waals surface area contributed by atoms with Gasteiger partial charge in [-0.15, -0.1) is 0 Å². The predicted octanol–water partition coefficient (Wildman–Crippen LogP) is 4.71. The Hall–Kier alpha value is -3.89. The normalized spacial score (nSPS) is 10.9. The molecule has 1 N–H and O–H groups in total. The van der Waals surface area contributed by atoms with Gasteiger partial charge in [0.2, 0.25) is 0 Å². The van der Waals surface area contributed by atoms with E-state index in [1.807, 2.05) is 19.1 Å². The highest BCUT2D eigenvalue weighted by Crippen LogP contribution is 2.27. The lowest BCUT2D eigenvalue weighted by molar-refractivity contribution is -0.112. The predicted molar refractivity (Wildman–Crippen MR) is 111 cm³/mol. The van der Waals surface area contributed by atoms with Crippen LogP contribution >= 0.6 is 11.6 Å². The first kappa shape index (κ1) is 20.8. The number of anilines is 1. The molecule has 3 aromatic rings. The first-order chi connectivity index (χ1) is 14.4. The third kappa shape index (κ3) is 5.13. The molecule has 150 valence electrons. The molecule has 3 rings (SSSR count). The number of nitrogens with zero attached hydrogens (tertiary/aromatic N) is 2. The SMILES string of the molecule is Cc1cccc(C(=O)Oc2ccc(C=C(C#N)C(=O)Nc3cc(C)on3)cc2Cl)c1. The van der Waals surface area contributed by atoms with Gasteiger partial charge in [-0.25, -0.2) is 4.79 Å². The molecule has 2 aromatic carbocycles. The highest BCUT2D eigenvalue weighted by molar-refractivity contribution is 6.32. The number of hydrogen-bond acceptors (Lipinski definition) is 6. The number of carbonyl (C=O) groups is 2. The zero-order chi connectivity index (χ0) is 21.7. The van der Waals surface area contributed by atoms with E-state index in [-0.39, 0.29) is 22.2 Å². The van der Waals surface area contributed by atoms with Crippen molar-refractivity contribution >= 4 is 35.4 Å². The van der Waals surface area contributed by atoms with Gasteiger partial charge in [-0.1, -0.05) is 40.5 Å². The number of aryl methyl sites for hydroxylation is 2. The Morgan fingerprint density at radius 3 is 2.63 bits per heavy atom. The van der Waals surface area contributed by atoms with Crippen LogP contribution < -0.4 is 10.1 Å². The molecule has 7 nitrogen and oxygen atoms in total. The molecule has 0 bridgehead atoms. The molecule has 0 aliphatic heterocycles. The zero-order valence-corrected chi connectivity index (χ0v) is 16.9. The molecule has 1 amide bonds. The number of amides is 1. The summed E-state index contributed by atoms with van der Waals surface area (Å²) in [5, 5.41) is 15.6. The molecule has 0 fully saturated rings. The molecule has 0 radical (unpaired) electrons. The van der Waals surface area contributed by atoms with Gasteiger partial charge in [0.15, 0.2) is 5.82 Å². The van der Waals surface area contributed by atoms with E-state index < -0.39 is 11.9 Å². The average Bonchev–Trinajstić information content (AvgIpc) is 3.12. The number of hydrogen-bond donors (Lipinski definition) is 1. The Balaban J connectivity index is 1.75. The number of benzene rings is 2. The van der Waals surface area contributed by atoms with Crippen molar-refractivity contribution in [3.05, 3.63) is 81.6 Å². The number of nitrogens with one attached hydrogen (secondary N) is 1. The maximum absolute atomic E-state index is 12.3. The third-order valence-electron chi connectivity index (χ3n) is 3.96. The first-order valence-electron chi connectivity index (χ1n) is 8.80. The summed E-state index contributed by atoms with van der Waals surface area (Å²) in [6, 6.07) is 14.9. The summed E-state index contributed by atoms with van der Waals surface area (Å²) in [4.78, 5) is 24.5. The Bertz CT molecular complexity index is 1190. The largest absolute Gasteiger partial charge is 0.421 e. The van der Waals surface area contributed by atoms with Crippen molar-refractivity contribution in [2.75, 3.05) is 5.32 Å². The molecule has 0 spiro atoms. The van der Waals surface area contributed by atoms with E-state index in [9.17, 15) is 14.9 Å². The van der Waals surface area contributed by atoms with E-state index in [4.69, 9.17) is 20.9 Å². The number of aromatic nitrogens is 1. The lowest BCUT2D eigenvalue weighted by Crippen LogP contribution is -2.13. The molecule has 0 aliphatic rings. The molecule has 0 aliphatic carbocycles. The Morgan fingerprint density at radius 1 is 1.20 bits per heavy atom. The average molecular weight is 422 g/mol. The minimum Gasteiger partial charge on any atom is -0.421 e. The van der Waals surface area contributed by atoms with Crippen LogP contribution in [-0.2, 0) is 4.79 Å². The van der Waals surface area contributed by atoms with Crippen LogP contribution in [0.4, 0.5) is 5.82 Å². The molecule has 0 unspecified atom stereocenters. The van der Waals surface area contributed by atoms with Crippen LogP contribution in [0, 0.1) is 25.2 Å². The topological polar surface area (TPSA) is 105 Å². The molecule has 0 saturated carbocycles. The number of ether oxygens (including phenoxy) is 1. The summed E-state index contributed by atoms with van der Waals surface area (Å²) < 4.78 is 10.2. The fraction of sp³-hybridized carbons (Fsp3) is 0.0909. The maximum Gasteiger partial charge on any atom is 0.343 e. The summed E-state index contributed by atoms with van der Waals surface area (Å²) in [5.41, 5.74) is 1.66. The van der Waals surface area contributed by atoms with Gasteiger partial charge in [0.25, 0.3) is 5.91 Å². The minimum atomic E-state index is -0.642.